The molecule has 0 heterocycles. The number of esters is 1. The maximum absolute atomic E-state index is 11.5. The van der Waals surface area contributed by atoms with Crippen LogP contribution >= 0.6 is 0 Å². The maximum Gasteiger partial charge on any atom is 0.316 e. The molecule has 0 fully saturated rings. The molecule has 128 valence electrons. The average molecular weight is 320 g/mol. The molecule has 0 bridgehead atoms. The summed E-state index contributed by atoms with van der Waals surface area (Å²) in [6.45, 7) is 2.20. The molecular weight excluding hydrogens is 292 g/mol. The Hall–Kier alpha value is -1.84. The molecule has 1 unspecified atom stereocenters. The third-order valence-corrected chi connectivity index (χ3v) is 3.88. The molecule has 23 heavy (non-hydrogen) atoms. The van der Waals surface area contributed by atoms with Crippen LogP contribution in [0.4, 0.5) is 0 Å². The van der Waals surface area contributed by atoms with Gasteiger partial charge in [-0.2, -0.15) is 0 Å². The fourth-order valence-corrected chi connectivity index (χ4v) is 2.49. The summed E-state index contributed by atoms with van der Waals surface area (Å²) < 4.78 is 10.3. The maximum atomic E-state index is 11.5. The summed E-state index contributed by atoms with van der Waals surface area (Å²) in [6, 6.07) is 9.85. The smallest absolute Gasteiger partial charge is 0.316 e. The van der Waals surface area contributed by atoms with Gasteiger partial charge in [0.15, 0.2) is 0 Å². The third kappa shape index (κ3) is 8.38. The fraction of sp³-hybridized carbons (Fsp3) is 0.579. The monoisotopic (exact) mass is 320 g/mol. The lowest BCUT2D eigenvalue weighted by Gasteiger charge is -2.10. The lowest BCUT2D eigenvalue weighted by molar-refractivity contribution is -0.149. The molecule has 0 saturated heterocycles. The van der Waals surface area contributed by atoms with Crippen molar-refractivity contribution in [3.8, 4) is 5.75 Å². The van der Waals surface area contributed by atoms with Crippen LogP contribution < -0.4 is 4.74 Å². The number of unbranched alkanes of at least 4 members (excludes halogenated alkanes) is 5. The van der Waals surface area contributed by atoms with Crippen molar-refractivity contribution in [1.29, 1.82) is 0 Å². The van der Waals surface area contributed by atoms with Crippen molar-refractivity contribution in [2.24, 2.45) is 5.92 Å². The number of hydrogen-bond acceptors (Lipinski definition) is 4. The van der Waals surface area contributed by atoms with Crippen LogP contribution in [0, 0.1) is 5.92 Å². The second-order valence-corrected chi connectivity index (χ2v) is 5.76. The highest BCUT2D eigenvalue weighted by molar-refractivity contribution is 5.97. The Morgan fingerprint density at radius 2 is 1.57 bits per heavy atom. The number of Topliss-reactive ketones (excluding diaryl/α,β-unsaturated/α-hetero) is 1. The topological polar surface area (TPSA) is 52.6 Å². The lowest BCUT2D eigenvalue weighted by Crippen LogP contribution is -2.23. The normalized spacial score (nSPS) is 11.7. The molecule has 1 aromatic rings. The van der Waals surface area contributed by atoms with E-state index in [2.05, 4.69) is 4.74 Å². The zero-order valence-electron chi connectivity index (χ0n) is 14.3. The van der Waals surface area contributed by atoms with Crippen molar-refractivity contribution in [3.05, 3.63) is 30.3 Å². The van der Waals surface area contributed by atoms with Gasteiger partial charge < -0.3 is 9.47 Å². The molecule has 0 saturated carbocycles. The quantitative estimate of drug-likeness (QED) is 0.329. The molecule has 1 rings (SSSR count). The van der Waals surface area contributed by atoms with Gasteiger partial charge in [0.05, 0.1) is 13.7 Å². The number of carbonyl (C=O) groups is 2. The molecule has 0 N–H and O–H groups in total. The first-order valence-corrected chi connectivity index (χ1v) is 8.41. The molecule has 0 amide bonds. The molecule has 0 aliphatic carbocycles. The van der Waals surface area contributed by atoms with Gasteiger partial charge in [-0.15, -0.1) is 0 Å². The van der Waals surface area contributed by atoms with Gasteiger partial charge in [0.2, 0.25) is 0 Å². The third-order valence-electron chi connectivity index (χ3n) is 3.88. The summed E-state index contributed by atoms with van der Waals surface area (Å²) in [5, 5.41) is 0. The molecule has 0 spiro atoms. The van der Waals surface area contributed by atoms with Crippen LogP contribution in [0.2, 0.25) is 0 Å². The molecule has 0 radical (unpaired) electrons. The predicted octanol–water partition coefficient (Wildman–Crippen LogP) is 4.17. The van der Waals surface area contributed by atoms with Crippen LogP contribution in [-0.4, -0.2) is 25.5 Å². The summed E-state index contributed by atoms with van der Waals surface area (Å²) in [7, 11) is 1.33. The predicted molar refractivity (Wildman–Crippen MR) is 90.4 cm³/mol. The van der Waals surface area contributed by atoms with E-state index < -0.39 is 11.9 Å². The van der Waals surface area contributed by atoms with Gasteiger partial charge >= 0.3 is 5.97 Å². The van der Waals surface area contributed by atoms with Crippen LogP contribution in [0.25, 0.3) is 0 Å². The summed E-state index contributed by atoms with van der Waals surface area (Å²) in [5.74, 6) is -0.171. The Morgan fingerprint density at radius 3 is 2.17 bits per heavy atom. The number of benzene rings is 1. The van der Waals surface area contributed by atoms with E-state index in [0.717, 1.165) is 50.9 Å². The molecular formula is C19H28O4. The van der Waals surface area contributed by atoms with E-state index in [1.807, 2.05) is 30.3 Å². The van der Waals surface area contributed by atoms with Crippen molar-refractivity contribution < 1.29 is 19.1 Å². The van der Waals surface area contributed by atoms with E-state index in [1.54, 1.807) is 0 Å². The minimum atomic E-state index is -0.584. The van der Waals surface area contributed by atoms with Gasteiger partial charge in [-0.25, -0.2) is 0 Å². The molecule has 4 nitrogen and oxygen atoms in total. The van der Waals surface area contributed by atoms with Crippen molar-refractivity contribution >= 4 is 11.8 Å². The van der Waals surface area contributed by atoms with Crippen molar-refractivity contribution in [3.63, 3.8) is 0 Å². The number of rotatable bonds is 12. The van der Waals surface area contributed by atoms with Crippen molar-refractivity contribution in [1.82, 2.24) is 0 Å². The number of para-hydroxylation sites is 1. The van der Waals surface area contributed by atoms with Crippen LogP contribution in [0.1, 0.15) is 51.9 Å². The molecule has 0 aromatic heterocycles. The first-order valence-electron chi connectivity index (χ1n) is 8.41. The van der Waals surface area contributed by atoms with Gasteiger partial charge in [-0.1, -0.05) is 50.3 Å². The van der Waals surface area contributed by atoms with E-state index in [1.165, 1.54) is 14.0 Å². The van der Waals surface area contributed by atoms with E-state index in [4.69, 9.17) is 4.74 Å². The molecule has 0 aliphatic heterocycles. The Kier molecular flexibility index (Phi) is 9.76. The van der Waals surface area contributed by atoms with E-state index in [0.29, 0.717) is 6.42 Å². The van der Waals surface area contributed by atoms with Crippen molar-refractivity contribution in [2.75, 3.05) is 13.7 Å². The number of methoxy groups -OCH3 is 1. The lowest BCUT2D eigenvalue weighted by atomic mass is 9.97. The molecule has 1 aromatic carbocycles. The molecule has 4 heteroatoms. The Bertz CT molecular complexity index is 456. The van der Waals surface area contributed by atoms with Gasteiger partial charge in [0.1, 0.15) is 17.5 Å². The highest BCUT2D eigenvalue weighted by atomic mass is 16.5. The summed E-state index contributed by atoms with van der Waals surface area (Å²) in [4.78, 5) is 22.8. The largest absolute Gasteiger partial charge is 0.494 e. The first kappa shape index (κ1) is 19.2. The number of hydrogen-bond donors (Lipinski definition) is 0. The highest BCUT2D eigenvalue weighted by Gasteiger charge is 2.23. The van der Waals surface area contributed by atoms with E-state index in [-0.39, 0.29) is 5.78 Å². The molecule has 0 aliphatic rings. The van der Waals surface area contributed by atoms with Crippen LogP contribution in [-0.2, 0) is 14.3 Å². The minimum Gasteiger partial charge on any atom is -0.494 e. The average Bonchev–Trinajstić information content (AvgIpc) is 2.56. The first-order chi connectivity index (χ1) is 11.1. The number of carbonyl (C=O) groups excluding carboxylic acids is 2. The number of ether oxygens (including phenoxy) is 2. The molecule has 1 atom stereocenters. The fourth-order valence-electron chi connectivity index (χ4n) is 2.49. The van der Waals surface area contributed by atoms with Crippen molar-refractivity contribution in [2.45, 2.75) is 51.9 Å². The summed E-state index contributed by atoms with van der Waals surface area (Å²) in [5.41, 5.74) is 0. The van der Waals surface area contributed by atoms with Gasteiger partial charge in [0, 0.05) is 0 Å². The highest BCUT2D eigenvalue weighted by Crippen LogP contribution is 2.15. The Morgan fingerprint density at radius 1 is 0.957 bits per heavy atom. The van der Waals surface area contributed by atoms with Gasteiger partial charge in [-0.3, -0.25) is 9.59 Å². The zero-order chi connectivity index (χ0) is 16.9. The zero-order valence-corrected chi connectivity index (χ0v) is 14.3. The Labute approximate surface area is 139 Å². The minimum absolute atomic E-state index is 0.102. The Balaban J connectivity index is 1.99. The SMILES string of the molecule is COC(=O)C(CCCCCCCCOc1ccccc1)C(C)=O. The van der Waals surface area contributed by atoms with Crippen LogP contribution in [0.15, 0.2) is 30.3 Å². The van der Waals surface area contributed by atoms with Gasteiger partial charge in [0.25, 0.3) is 0 Å². The summed E-state index contributed by atoms with van der Waals surface area (Å²) in [6.07, 6.45) is 6.99. The number of ketones is 1. The van der Waals surface area contributed by atoms with Gasteiger partial charge in [-0.05, 0) is 31.9 Å². The van der Waals surface area contributed by atoms with E-state index >= 15 is 0 Å². The summed E-state index contributed by atoms with van der Waals surface area (Å²) >= 11 is 0. The van der Waals surface area contributed by atoms with Crippen LogP contribution in [0.3, 0.4) is 0 Å². The second-order valence-electron chi connectivity index (χ2n) is 5.76. The standard InChI is InChI=1S/C19H28O4/c1-16(20)18(19(21)22-2)14-10-5-3-4-6-11-15-23-17-12-8-7-9-13-17/h7-9,12-13,18H,3-6,10-11,14-15H2,1-2H3. The van der Waals surface area contributed by atoms with E-state index in [9.17, 15) is 9.59 Å². The van der Waals surface area contributed by atoms with Crippen LogP contribution in [0.5, 0.6) is 5.75 Å². The second kappa shape index (κ2) is 11.7.